The van der Waals surface area contributed by atoms with E-state index >= 15 is 0 Å². The van der Waals surface area contributed by atoms with Crippen LogP contribution in [-0.4, -0.2) is 192 Å². The van der Waals surface area contributed by atoms with Gasteiger partial charge >= 0.3 is 50.2 Å². The smallest absolute Gasteiger partial charge is 0.403 e. The molecule has 0 spiro atoms. The number of rotatable bonds is 28. The number of aromatic nitrogens is 8. The maximum Gasteiger partial charge on any atom is 0.403 e. The number of aryl methyl sites for hydroxylation is 4. The summed E-state index contributed by atoms with van der Waals surface area (Å²) in [6.45, 7) is 12.6. The molecule has 8 unspecified atom stereocenters. The molecule has 4 saturated heterocycles. The van der Waals surface area contributed by atoms with Gasteiger partial charge in [0, 0.05) is 72.7 Å². The van der Waals surface area contributed by atoms with E-state index in [1.807, 2.05) is 52.7 Å². The summed E-state index contributed by atoms with van der Waals surface area (Å²) in [6.07, 6.45) is 7.74. The van der Waals surface area contributed by atoms with Gasteiger partial charge in [0.15, 0.2) is 0 Å². The number of para-hydroxylation sites is 2. The first-order valence-electron chi connectivity index (χ1n) is 35.5. The number of benzene rings is 2. The summed E-state index contributed by atoms with van der Waals surface area (Å²) in [7, 11) is -0.736. The minimum Gasteiger partial charge on any atom is -0.756 e. The van der Waals surface area contributed by atoms with Gasteiger partial charge in [0.1, 0.15) is 93.7 Å². The number of nitrogens with one attached hydrogen (secondary N) is 4. The Morgan fingerprint density at radius 1 is 0.442 bits per heavy atom. The first-order valence-corrected chi connectivity index (χ1v) is 53.1. The molecule has 6 aromatic rings. The molecule has 54 heteroatoms. The van der Waals surface area contributed by atoms with E-state index in [2.05, 4.69) is 38.0 Å². The quantitative estimate of drug-likeness (QED) is 0.0132. The van der Waals surface area contributed by atoms with Crippen molar-refractivity contribution in [2.45, 2.75) is 177 Å². The summed E-state index contributed by atoms with van der Waals surface area (Å²) >= 11 is 11.1. The molecule has 20 atom stereocenters. The Hall–Kier alpha value is -4.24. The van der Waals surface area contributed by atoms with Gasteiger partial charge < -0.3 is 94.8 Å². The highest BCUT2D eigenvalue weighted by Gasteiger charge is 2.43. The molecule has 0 amide bonds. The lowest BCUT2D eigenvalue weighted by Crippen LogP contribution is -2.33. The van der Waals surface area contributed by atoms with Crippen LogP contribution in [0.5, 0.6) is 11.5 Å². The van der Waals surface area contributed by atoms with Gasteiger partial charge in [-0.3, -0.25) is 66.5 Å². The molecular formula is C66H88Cl2N8O32P4S8-2. The maximum atomic E-state index is 12.0. The van der Waals surface area contributed by atoms with Gasteiger partial charge in [-0.2, -0.15) is 0 Å². The SMILES string of the molecule is CSS[C@@H](C)OC1C[C@H](n2cc(C)c(=O)[nH]c2=O)O[C@@H]1CO.CSS[C@@H](C)OC1C[C@H](n2cc(C)c(=O)[nH]c2=O)O[C@@H]1COP(=O)([O-])O.CSS[C@H](C)OC1C[C@H](n2cc(C)c(=O)[nH]c2=O)O[C@@H]1CO.CSS[C@H](C)OC1C[C@H](n2cc(C)c(=O)[nH]c2=O)O[C@@H]1COP(=O)([O-])O.O=C1OP(Cl)Oc2ccccc21.O=C1OP(Cl)Oc2ccccc21. The summed E-state index contributed by atoms with van der Waals surface area (Å²) in [5, 5.41) is 18.9. The van der Waals surface area contributed by atoms with Gasteiger partial charge in [-0.05, 0) is 127 Å². The van der Waals surface area contributed by atoms with Crippen molar-refractivity contribution < 1.29 is 114 Å². The number of halogens is 2. The molecule has 40 nitrogen and oxygen atoms in total. The Morgan fingerprint density at radius 3 is 0.925 bits per heavy atom. The number of aliphatic hydroxyl groups excluding tert-OH is 2. The number of H-pyrrole nitrogens is 4. The van der Waals surface area contributed by atoms with Crippen molar-refractivity contribution in [3.8, 4) is 11.5 Å². The van der Waals surface area contributed by atoms with Crippen LogP contribution in [0.3, 0.4) is 0 Å². The second-order valence-electron chi connectivity index (χ2n) is 25.6. The standard InChI is InChI=1S/2C13H21N2O8PS2.2C13H20N2O5S2.2C7H4ClO3P/c2*1-7-5-15(13(17)14-12(7)16)11-4-9(22-8(2)26-25-3)10(23-11)6-21-24(18,19)20;2*1-7-5-15(13(18)14-12(7)17)11-4-9(10(6-16)20-11)19-8(2)22-21-3;2*8-12-10-6-4-2-1-3-5(6)7(9)11-12/h2*5,8-11H,4,6H2,1-3H3,(H,14,16,17)(H2,18,19,20);2*5,8-11,16H,4,6H2,1-3H3,(H,14,17,18);2*1-4H/p-2/t8-,9?,10+,11+;8-,9?,10-,11-;8-,9?,10+,11+;8-,9?,10-,11-;;/m0101../s1. The highest BCUT2D eigenvalue weighted by Crippen LogP contribution is 2.51. The number of hydrogen-bond donors (Lipinski definition) is 8. The van der Waals surface area contributed by atoms with E-state index < -0.39 is 163 Å². The molecule has 10 heterocycles. The summed E-state index contributed by atoms with van der Waals surface area (Å²) in [4.78, 5) is 164. The van der Waals surface area contributed by atoms with E-state index in [0.29, 0.717) is 57.7 Å². The average Bonchev–Trinajstić information content (AvgIpc) is 1.18. The lowest BCUT2D eigenvalue weighted by molar-refractivity contribution is -0.224. The van der Waals surface area contributed by atoms with Crippen LogP contribution >= 0.6 is 140 Å². The van der Waals surface area contributed by atoms with Crippen LogP contribution in [0.15, 0.2) is 112 Å². The Bertz CT molecular complexity index is 4690. The van der Waals surface area contributed by atoms with E-state index in [9.17, 15) is 77.1 Å². The largest absolute Gasteiger partial charge is 0.756 e. The third-order valence-corrected chi connectivity index (χ3v) is 27.9. The predicted octanol–water partition coefficient (Wildman–Crippen LogP) is 7.84. The average molecular weight is 1960 g/mol. The van der Waals surface area contributed by atoms with E-state index in [4.69, 9.17) is 79.2 Å². The van der Waals surface area contributed by atoms with Crippen molar-refractivity contribution in [1.82, 2.24) is 38.2 Å². The van der Waals surface area contributed by atoms with E-state index in [-0.39, 0.29) is 60.0 Å². The molecule has 8 N–H and O–H groups in total. The number of carbonyl (C=O) groups excluding carboxylic acids is 2. The van der Waals surface area contributed by atoms with Crippen LogP contribution in [-0.2, 0) is 65.1 Å². The van der Waals surface area contributed by atoms with E-state index in [1.165, 1.54) is 86.2 Å². The summed E-state index contributed by atoms with van der Waals surface area (Å²) < 4.78 is 102. The zero-order valence-electron chi connectivity index (χ0n) is 65.6. The number of carbonyl (C=O) groups is 2. The fraction of sp³-hybridized carbons (Fsp3) is 0.545. The molecule has 6 aliphatic rings. The first-order chi connectivity index (χ1) is 56.7. The summed E-state index contributed by atoms with van der Waals surface area (Å²) in [6, 6.07) is 13.7. The number of nitrogens with zero attached hydrogens (tertiary/aromatic N) is 4. The number of ether oxygens (including phenoxy) is 8. The van der Waals surface area contributed by atoms with Gasteiger partial charge in [0.05, 0.1) is 50.8 Å². The third-order valence-electron chi connectivity index (χ3n) is 17.0. The lowest BCUT2D eigenvalue weighted by Gasteiger charge is -2.24. The summed E-state index contributed by atoms with van der Waals surface area (Å²) in [5.41, 5.74) is -2.30. The molecule has 0 aliphatic carbocycles. The molecule has 668 valence electrons. The van der Waals surface area contributed by atoms with Crippen LogP contribution in [0.25, 0.3) is 0 Å². The van der Waals surface area contributed by atoms with Crippen LogP contribution in [0, 0.1) is 27.7 Å². The number of fused-ring (bicyclic) bond motifs is 2. The fourth-order valence-corrected chi connectivity index (χ4v) is 20.0. The van der Waals surface area contributed by atoms with Crippen molar-refractivity contribution in [3.63, 3.8) is 0 Å². The topological polar surface area (TPSA) is 544 Å². The Kier molecular flexibility index (Phi) is 42.2. The zero-order chi connectivity index (χ0) is 88.6. The molecule has 120 heavy (non-hydrogen) atoms. The highest BCUT2D eigenvalue weighted by molar-refractivity contribution is 8.77. The monoisotopic (exact) mass is 1950 g/mol. The van der Waals surface area contributed by atoms with Crippen LogP contribution in [0.4, 0.5) is 0 Å². The highest BCUT2D eigenvalue weighted by atomic mass is 35.7. The van der Waals surface area contributed by atoms with Crippen molar-refractivity contribution >= 4 is 152 Å². The summed E-state index contributed by atoms with van der Waals surface area (Å²) in [5.74, 6) is 0.153. The van der Waals surface area contributed by atoms with Crippen molar-refractivity contribution in [2.24, 2.45) is 0 Å². The second kappa shape index (κ2) is 49.2. The third kappa shape index (κ3) is 31.7. The van der Waals surface area contributed by atoms with Gasteiger partial charge in [0.25, 0.3) is 37.9 Å². The minimum atomic E-state index is -4.92. The maximum absolute atomic E-state index is 12.0. The van der Waals surface area contributed by atoms with Crippen LogP contribution in [0.1, 0.15) is 121 Å². The molecule has 0 saturated carbocycles. The van der Waals surface area contributed by atoms with E-state index in [1.54, 1.807) is 119 Å². The lowest BCUT2D eigenvalue weighted by atomic mass is 10.2. The Morgan fingerprint density at radius 2 is 0.683 bits per heavy atom. The van der Waals surface area contributed by atoms with Crippen molar-refractivity contribution in [1.29, 1.82) is 0 Å². The Balaban J connectivity index is 0.000000202. The molecular weight excluding hydrogens is 1870 g/mol. The van der Waals surface area contributed by atoms with Crippen LogP contribution in [0.2, 0.25) is 0 Å². The molecule has 4 fully saturated rings. The molecule has 0 radical (unpaired) electrons. The number of aromatic amines is 4. The van der Waals surface area contributed by atoms with Crippen LogP contribution < -0.4 is 63.8 Å². The second-order valence-corrected chi connectivity index (χ2v) is 42.3. The van der Waals surface area contributed by atoms with Crippen molar-refractivity contribution in [2.75, 3.05) is 51.5 Å². The van der Waals surface area contributed by atoms with Gasteiger partial charge in [-0.15, -0.1) is 0 Å². The number of aliphatic hydroxyl groups is 2. The number of phosphoric acid groups is 2. The Labute approximate surface area is 727 Å². The van der Waals surface area contributed by atoms with Gasteiger partial charge in [-0.1, -0.05) is 111 Å². The number of hydrogen-bond acceptors (Lipinski definition) is 38. The van der Waals surface area contributed by atoms with Crippen molar-refractivity contribution in [3.05, 3.63) is 190 Å². The molecule has 4 aromatic heterocycles. The van der Waals surface area contributed by atoms with Gasteiger partial charge in [0.2, 0.25) is 0 Å². The molecule has 12 rings (SSSR count). The molecule has 0 bridgehead atoms. The normalized spacial score (nSPS) is 25.3. The van der Waals surface area contributed by atoms with Gasteiger partial charge in [-0.25, -0.2) is 28.8 Å². The van der Waals surface area contributed by atoms with E-state index in [0.717, 1.165) is 0 Å². The first kappa shape index (κ1) is 103. The number of phosphoric ester groups is 2. The fourth-order valence-electron chi connectivity index (χ4n) is 11.7. The molecule has 2 aromatic carbocycles. The predicted molar refractivity (Wildman–Crippen MR) is 456 cm³/mol. The minimum absolute atomic E-state index is 0.0505. The zero-order valence-corrected chi connectivity index (χ0v) is 77.3. The molecule has 6 aliphatic heterocycles.